The van der Waals surface area contributed by atoms with E-state index in [1.807, 2.05) is 18.2 Å². The molecule has 92 valence electrons. The zero-order valence-corrected chi connectivity index (χ0v) is 10.9. The van der Waals surface area contributed by atoms with E-state index in [1.165, 1.54) is 0 Å². The molecule has 1 unspecified atom stereocenters. The molecule has 0 spiro atoms. The highest BCUT2D eigenvalue weighted by Gasteiger charge is 2.14. The summed E-state index contributed by atoms with van der Waals surface area (Å²) in [6.07, 6.45) is 1.64. The van der Waals surface area contributed by atoms with E-state index < -0.39 is 6.10 Å². The number of aryl methyl sites for hydroxylation is 1. The molecule has 0 saturated carbocycles. The second-order valence-electron chi connectivity index (χ2n) is 4.28. The lowest BCUT2D eigenvalue weighted by molar-refractivity contribution is 0.184. The van der Waals surface area contributed by atoms with Crippen molar-refractivity contribution in [2.75, 3.05) is 0 Å². The Morgan fingerprint density at radius 1 is 1.47 bits per heavy atom. The third-order valence-corrected chi connectivity index (χ3v) is 3.08. The summed E-state index contributed by atoms with van der Waals surface area (Å²) in [4.78, 5) is 4.45. The van der Waals surface area contributed by atoms with E-state index in [2.05, 4.69) is 16.5 Å². The molecule has 0 aliphatic heterocycles. The van der Waals surface area contributed by atoms with Crippen LogP contribution in [-0.2, 0) is 6.54 Å². The van der Waals surface area contributed by atoms with Crippen molar-refractivity contribution < 1.29 is 5.11 Å². The number of hydrogen-bond acceptors (Lipinski definition) is 2. The molecule has 1 aromatic heterocycles. The third kappa shape index (κ3) is 2.45. The van der Waals surface area contributed by atoms with Crippen LogP contribution in [0.3, 0.4) is 0 Å². The molecule has 0 fully saturated rings. The maximum atomic E-state index is 9.76. The average molecular weight is 253 g/mol. The monoisotopic (exact) mass is 252 g/mol. The molecule has 2 rings (SSSR count). The van der Waals surface area contributed by atoms with Crippen molar-refractivity contribution in [2.24, 2.45) is 0 Å². The summed E-state index contributed by atoms with van der Waals surface area (Å²) in [6.45, 7) is 4.78. The van der Waals surface area contributed by atoms with Crippen LogP contribution in [0.4, 0.5) is 0 Å². The lowest BCUT2D eigenvalue weighted by atomic mass is 10.3. The Kier molecular flexibility index (Phi) is 3.69. The number of fused-ring (bicyclic) bond motifs is 1. The third-order valence-electron chi connectivity index (χ3n) is 2.85. The number of hydrogen-bond donors (Lipinski definition) is 1. The average Bonchev–Trinajstić information content (AvgIpc) is 2.64. The number of unbranched alkanes of at least 4 members (excludes halogenated alkanes) is 1. The lowest BCUT2D eigenvalue weighted by Gasteiger charge is -2.09. The molecular weight excluding hydrogens is 236 g/mol. The van der Waals surface area contributed by atoms with Crippen molar-refractivity contribution in [3.63, 3.8) is 0 Å². The molecule has 1 heterocycles. The van der Waals surface area contributed by atoms with Crippen LogP contribution in [0.5, 0.6) is 0 Å². The van der Waals surface area contributed by atoms with Crippen molar-refractivity contribution in [3.8, 4) is 0 Å². The summed E-state index contributed by atoms with van der Waals surface area (Å²) in [6, 6.07) is 5.66. The summed E-state index contributed by atoms with van der Waals surface area (Å²) >= 11 is 5.95. The minimum atomic E-state index is -0.557. The zero-order valence-electron chi connectivity index (χ0n) is 10.2. The minimum absolute atomic E-state index is 0.557. The SMILES string of the molecule is CCCCn1c(C(C)O)nc2cc(Cl)ccc21. The van der Waals surface area contributed by atoms with Crippen molar-refractivity contribution in [1.29, 1.82) is 0 Å². The van der Waals surface area contributed by atoms with Crippen LogP contribution in [0.15, 0.2) is 18.2 Å². The summed E-state index contributed by atoms with van der Waals surface area (Å²) in [7, 11) is 0. The van der Waals surface area contributed by atoms with Crippen molar-refractivity contribution in [1.82, 2.24) is 9.55 Å². The molecule has 0 saturated heterocycles. The van der Waals surface area contributed by atoms with Gasteiger partial charge >= 0.3 is 0 Å². The molecule has 4 heteroatoms. The molecule has 1 atom stereocenters. The zero-order chi connectivity index (χ0) is 12.4. The number of benzene rings is 1. The van der Waals surface area contributed by atoms with E-state index >= 15 is 0 Å². The number of halogens is 1. The summed E-state index contributed by atoms with van der Waals surface area (Å²) in [5.41, 5.74) is 1.89. The quantitative estimate of drug-likeness (QED) is 0.904. The van der Waals surface area contributed by atoms with Gasteiger partial charge in [-0.15, -0.1) is 0 Å². The first-order chi connectivity index (χ1) is 8.13. The van der Waals surface area contributed by atoms with Crippen LogP contribution in [0.1, 0.15) is 38.6 Å². The van der Waals surface area contributed by atoms with Crippen molar-refractivity contribution in [2.45, 2.75) is 39.3 Å². The van der Waals surface area contributed by atoms with Gasteiger partial charge in [-0.05, 0) is 31.5 Å². The minimum Gasteiger partial charge on any atom is -0.385 e. The topological polar surface area (TPSA) is 38.0 Å². The summed E-state index contributed by atoms with van der Waals surface area (Å²) in [5.74, 6) is 0.718. The van der Waals surface area contributed by atoms with Gasteiger partial charge in [-0.25, -0.2) is 4.98 Å². The van der Waals surface area contributed by atoms with Gasteiger partial charge in [0.25, 0.3) is 0 Å². The Morgan fingerprint density at radius 2 is 2.24 bits per heavy atom. The maximum Gasteiger partial charge on any atom is 0.138 e. The van der Waals surface area contributed by atoms with E-state index in [0.29, 0.717) is 5.02 Å². The largest absolute Gasteiger partial charge is 0.385 e. The standard InChI is InChI=1S/C13H17ClN2O/c1-3-4-7-16-12-6-5-10(14)8-11(12)15-13(16)9(2)17/h5-6,8-9,17H,3-4,7H2,1-2H3. The van der Waals surface area contributed by atoms with Gasteiger partial charge in [-0.3, -0.25) is 0 Å². The maximum absolute atomic E-state index is 9.76. The molecule has 1 N–H and O–H groups in total. The van der Waals surface area contributed by atoms with Gasteiger partial charge in [0, 0.05) is 11.6 Å². The van der Waals surface area contributed by atoms with Crippen LogP contribution < -0.4 is 0 Å². The van der Waals surface area contributed by atoms with Gasteiger partial charge in [0.05, 0.1) is 11.0 Å². The predicted octanol–water partition coefficient (Wildman–Crippen LogP) is 3.54. The number of aliphatic hydroxyl groups is 1. The van der Waals surface area contributed by atoms with Crippen molar-refractivity contribution >= 4 is 22.6 Å². The number of rotatable bonds is 4. The molecule has 0 radical (unpaired) electrons. The second-order valence-corrected chi connectivity index (χ2v) is 4.72. The Labute approximate surface area is 106 Å². The van der Waals surface area contributed by atoms with Crippen LogP contribution in [0.2, 0.25) is 5.02 Å². The van der Waals surface area contributed by atoms with Crippen LogP contribution in [0, 0.1) is 0 Å². The number of imidazole rings is 1. The smallest absolute Gasteiger partial charge is 0.138 e. The van der Waals surface area contributed by atoms with Gasteiger partial charge in [0.15, 0.2) is 0 Å². The Bertz CT molecular complexity index is 519. The van der Waals surface area contributed by atoms with E-state index in [4.69, 9.17) is 11.6 Å². The van der Waals surface area contributed by atoms with Gasteiger partial charge in [-0.2, -0.15) is 0 Å². The molecule has 0 amide bonds. The van der Waals surface area contributed by atoms with Gasteiger partial charge in [0.1, 0.15) is 11.9 Å². The van der Waals surface area contributed by atoms with E-state index in [1.54, 1.807) is 6.92 Å². The Hall–Kier alpha value is -1.06. The van der Waals surface area contributed by atoms with Crippen LogP contribution in [0.25, 0.3) is 11.0 Å². The fraction of sp³-hybridized carbons (Fsp3) is 0.462. The predicted molar refractivity (Wildman–Crippen MR) is 70.3 cm³/mol. The van der Waals surface area contributed by atoms with Crippen molar-refractivity contribution in [3.05, 3.63) is 29.0 Å². The second kappa shape index (κ2) is 5.07. The first-order valence-electron chi connectivity index (χ1n) is 5.97. The first kappa shape index (κ1) is 12.4. The fourth-order valence-electron chi connectivity index (χ4n) is 1.99. The number of aromatic nitrogens is 2. The van der Waals surface area contributed by atoms with Gasteiger partial charge < -0.3 is 9.67 Å². The summed E-state index contributed by atoms with van der Waals surface area (Å²) in [5, 5.41) is 10.4. The Morgan fingerprint density at radius 3 is 2.88 bits per heavy atom. The van der Waals surface area contributed by atoms with Crippen LogP contribution in [-0.4, -0.2) is 14.7 Å². The van der Waals surface area contributed by atoms with Gasteiger partial charge in [0.2, 0.25) is 0 Å². The van der Waals surface area contributed by atoms with Gasteiger partial charge in [-0.1, -0.05) is 24.9 Å². The molecule has 0 bridgehead atoms. The highest BCUT2D eigenvalue weighted by atomic mass is 35.5. The molecule has 17 heavy (non-hydrogen) atoms. The normalized spacial score (nSPS) is 13.2. The highest BCUT2D eigenvalue weighted by Crippen LogP contribution is 2.24. The van der Waals surface area contributed by atoms with Crippen LogP contribution >= 0.6 is 11.6 Å². The van der Waals surface area contributed by atoms with E-state index in [9.17, 15) is 5.11 Å². The Balaban J connectivity index is 2.54. The fourth-order valence-corrected chi connectivity index (χ4v) is 2.16. The molecule has 0 aliphatic carbocycles. The summed E-state index contributed by atoms with van der Waals surface area (Å²) < 4.78 is 2.08. The molecule has 3 nitrogen and oxygen atoms in total. The van der Waals surface area contributed by atoms with E-state index in [-0.39, 0.29) is 0 Å². The lowest BCUT2D eigenvalue weighted by Crippen LogP contribution is -2.06. The van der Waals surface area contributed by atoms with E-state index in [0.717, 1.165) is 36.2 Å². The highest BCUT2D eigenvalue weighted by molar-refractivity contribution is 6.31. The number of nitrogens with zero attached hydrogens (tertiary/aromatic N) is 2. The number of aliphatic hydroxyl groups excluding tert-OH is 1. The molecule has 2 aromatic rings. The molecule has 1 aromatic carbocycles. The first-order valence-corrected chi connectivity index (χ1v) is 6.35. The molecule has 0 aliphatic rings. The molecular formula is C13H17ClN2O.